The minimum absolute atomic E-state index is 0.153. The van der Waals surface area contributed by atoms with Gasteiger partial charge in [-0.2, -0.15) is 0 Å². The Bertz CT molecular complexity index is 1160. The zero-order valence-electron chi connectivity index (χ0n) is 17.7. The third-order valence-electron chi connectivity index (χ3n) is 5.06. The third-order valence-corrected chi connectivity index (χ3v) is 5.06. The molecular weight excluding hydrogens is 382 g/mol. The molecule has 0 spiro atoms. The number of amides is 1. The summed E-state index contributed by atoms with van der Waals surface area (Å²) >= 11 is 0. The van der Waals surface area contributed by atoms with Crippen molar-refractivity contribution < 1.29 is 14.3 Å². The van der Waals surface area contributed by atoms with Crippen LogP contribution in [0, 0.1) is 20.8 Å². The van der Waals surface area contributed by atoms with E-state index < -0.39 is 18.0 Å². The van der Waals surface area contributed by atoms with Gasteiger partial charge in [0.15, 0.2) is 6.10 Å². The van der Waals surface area contributed by atoms with Crippen LogP contribution in [0.4, 0.5) is 5.69 Å². The summed E-state index contributed by atoms with van der Waals surface area (Å²) < 4.78 is 8.46. The Balaban J connectivity index is 1.79. The Morgan fingerprint density at radius 2 is 1.70 bits per heavy atom. The van der Waals surface area contributed by atoms with Gasteiger partial charge in [0, 0.05) is 7.05 Å². The fraction of sp³-hybridized carbons (Fsp3) is 0.261. The molecule has 156 valence electrons. The average Bonchev–Trinajstić information content (AvgIpc) is 2.91. The number of aromatic nitrogens is 2. The maximum absolute atomic E-state index is 12.9. The number of hydrogen-bond donors (Lipinski definition) is 1. The number of ether oxygens (including phenoxy) is 1. The van der Waals surface area contributed by atoms with E-state index in [2.05, 4.69) is 5.32 Å². The number of rotatable bonds is 5. The number of aryl methyl sites for hydroxylation is 2. The highest BCUT2D eigenvalue weighted by Gasteiger charge is 2.24. The highest BCUT2D eigenvalue weighted by molar-refractivity contribution is 5.98. The Hall–Kier alpha value is -3.61. The summed E-state index contributed by atoms with van der Waals surface area (Å²) in [7, 11) is 1.74. The van der Waals surface area contributed by atoms with Crippen LogP contribution in [0.1, 0.15) is 34.1 Å². The van der Waals surface area contributed by atoms with Gasteiger partial charge in [0.2, 0.25) is 0 Å². The van der Waals surface area contributed by atoms with Crippen molar-refractivity contribution in [3.05, 3.63) is 81.3 Å². The van der Waals surface area contributed by atoms with E-state index >= 15 is 0 Å². The smallest absolute Gasteiger partial charge is 0.339 e. The number of esters is 1. The molecule has 0 aliphatic heterocycles. The van der Waals surface area contributed by atoms with E-state index in [1.807, 2.05) is 44.2 Å². The molecule has 30 heavy (non-hydrogen) atoms. The Morgan fingerprint density at radius 1 is 1.03 bits per heavy atom. The summed E-state index contributed by atoms with van der Waals surface area (Å²) in [6, 6.07) is 14.5. The maximum atomic E-state index is 12.9. The second-order valence-electron chi connectivity index (χ2n) is 7.29. The summed E-state index contributed by atoms with van der Waals surface area (Å²) in [5, 5.41) is 2.62. The summed E-state index contributed by atoms with van der Waals surface area (Å²) in [6.07, 6.45) is -1.07. The van der Waals surface area contributed by atoms with Crippen LogP contribution in [0.2, 0.25) is 0 Å². The quantitative estimate of drug-likeness (QED) is 0.658. The highest BCUT2D eigenvalue weighted by atomic mass is 16.5. The number of para-hydroxylation sites is 1. The summed E-state index contributed by atoms with van der Waals surface area (Å²) in [4.78, 5) is 38.0. The molecule has 3 rings (SSSR count). The van der Waals surface area contributed by atoms with Gasteiger partial charge < -0.3 is 10.1 Å². The average molecular weight is 407 g/mol. The Morgan fingerprint density at radius 3 is 2.33 bits per heavy atom. The molecule has 2 aromatic carbocycles. The zero-order chi connectivity index (χ0) is 22.0. The second kappa shape index (κ2) is 8.41. The molecule has 0 bridgehead atoms. The summed E-state index contributed by atoms with van der Waals surface area (Å²) in [6.45, 7) is 6.96. The molecule has 0 saturated heterocycles. The van der Waals surface area contributed by atoms with Crippen LogP contribution in [-0.2, 0) is 16.6 Å². The Kier molecular flexibility index (Phi) is 5.91. The van der Waals surface area contributed by atoms with Crippen molar-refractivity contribution >= 4 is 17.6 Å². The monoisotopic (exact) mass is 407 g/mol. The van der Waals surface area contributed by atoms with Crippen LogP contribution in [-0.4, -0.2) is 27.3 Å². The molecule has 1 unspecified atom stereocenters. The molecule has 1 atom stereocenters. The molecule has 0 saturated carbocycles. The van der Waals surface area contributed by atoms with Crippen molar-refractivity contribution in [3.63, 3.8) is 0 Å². The van der Waals surface area contributed by atoms with Gasteiger partial charge in [0.05, 0.1) is 16.9 Å². The molecule has 1 N–H and O–H groups in total. The van der Waals surface area contributed by atoms with E-state index in [9.17, 15) is 14.4 Å². The first-order valence-corrected chi connectivity index (χ1v) is 9.63. The summed E-state index contributed by atoms with van der Waals surface area (Å²) in [5.41, 5.74) is 3.28. The van der Waals surface area contributed by atoms with Gasteiger partial charge in [0.1, 0.15) is 5.69 Å². The first-order chi connectivity index (χ1) is 14.2. The lowest BCUT2D eigenvalue weighted by atomic mass is 10.1. The van der Waals surface area contributed by atoms with Crippen LogP contribution >= 0.6 is 0 Å². The number of carbonyl (C=O) groups excluding carboxylic acids is 2. The van der Waals surface area contributed by atoms with Crippen molar-refractivity contribution in [1.29, 1.82) is 0 Å². The number of nitrogens with zero attached hydrogens (tertiary/aromatic N) is 2. The molecule has 1 heterocycles. The van der Waals surface area contributed by atoms with E-state index in [1.54, 1.807) is 36.9 Å². The molecule has 0 fully saturated rings. The van der Waals surface area contributed by atoms with Crippen LogP contribution in [0.5, 0.6) is 0 Å². The fourth-order valence-corrected chi connectivity index (χ4v) is 3.26. The van der Waals surface area contributed by atoms with E-state index in [0.29, 0.717) is 16.9 Å². The minimum atomic E-state index is -1.07. The van der Waals surface area contributed by atoms with Gasteiger partial charge in [-0.15, -0.1) is 0 Å². The van der Waals surface area contributed by atoms with Gasteiger partial charge in [0.25, 0.3) is 11.5 Å². The molecule has 0 aliphatic carbocycles. The predicted octanol–water partition coefficient (Wildman–Crippen LogP) is 3.29. The van der Waals surface area contributed by atoms with Gasteiger partial charge in [-0.05, 0) is 51.5 Å². The number of anilines is 1. The lowest BCUT2D eigenvalue weighted by Crippen LogP contribution is -2.32. The van der Waals surface area contributed by atoms with E-state index in [4.69, 9.17) is 4.74 Å². The van der Waals surface area contributed by atoms with Crippen LogP contribution in [0.15, 0.2) is 53.3 Å². The SMILES string of the molecule is Cc1ccc(C(=O)OC(C)C(=O)Nc2c(C)n(C)n(-c3ccccc3)c2=O)c(C)c1. The molecule has 0 radical (unpaired) electrons. The number of benzene rings is 2. The number of carbonyl (C=O) groups is 2. The van der Waals surface area contributed by atoms with Gasteiger partial charge in [-0.3, -0.25) is 14.3 Å². The molecule has 1 amide bonds. The van der Waals surface area contributed by atoms with Gasteiger partial charge in [-0.25, -0.2) is 9.48 Å². The normalized spacial score (nSPS) is 11.8. The number of nitrogens with one attached hydrogen (secondary N) is 1. The highest BCUT2D eigenvalue weighted by Crippen LogP contribution is 2.16. The van der Waals surface area contributed by atoms with E-state index in [0.717, 1.165) is 11.1 Å². The Labute approximate surface area is 174 Å². The third kappa shape index (κ3) is 4.05. The van der Waals surface area contributed by atoms with Gasteiger partial charge >= 0.3 is 5.97 Å². The molecule has 3 aromatic rings. The molecular formula is C23H25N3O4. The van der Waals surface area contributed by atoms with Crippen molar-refractivity contribution in [2.24, 2.45) is 7.05 Å². The second-order valence-corrected chi connectivity index (χ2v) is 7.29. The first kappa shape index (κ1) is 21.1. The molecule has 7 nitrogen and oxygen atoms in total. The largest absolute Gasteiger partial charge is 0.449 e. The molecule has 0 aliphatic rings. The minimum Gasteiger partial charge on any atom is -0.449 e. The fourth-order valence-electron chi connectivity index (χ4n) is 3.26. The van der Waals surface area contributed by atoms with Crippen molar-refractivity contribution in [2.75, 3.05) is 5.32 Å². The zero-order valence-corrected chi connectivity index (χ0v) is 17.7. The van der Waals surface area contributed by atoms with Crippen LogP contribution in [0.25, 0.3) is 5.69 Å². The van der Waals surface area contributed by atoms with E-state index in [-0.39, 0.29) is 11.2 Å². The van der Waals surface area contributed by atoms with Crippen molar-refractivity contribution in [1.82, 2.24) is 9.36 Å². The van der Waals surface area contributed by atoms with Crippen LogP contribution < -0.4 is 10.9 Å². The standard InChI is InChI=1S/C23H25N3O4/c1-14-11-12-19(15(2)13-14)23(29)30-17(4)21(27)24-20-16(3)25(5)26(22(20)28)18-9-7-6-8-10-18/h6-13,17H,1-5H3,(H,24,27). The predicted molar refractivity (Wildman–Crippen MR) is 115 cm³/mol. The number of hydrogen-bond acceptors (Lipinski definition) is 4. The van der Waals surface area contributed by atoms with Gasteiger partial charge in [-0.1, -0.05) is 35.9 Å². The molecule has 7 heteroatoms. The lowest BCUT2D eigenvalue weighted by molar-refractivity contribution is -0.123. The van der Waals surface area contributed by atoms with E-state index in [1.165, 1.54) is 11.6 Å². The topological polar surface area (TPSA) is 82.3 Å². The van der Waals surface area contributed by atoms with Crippen LogP contribution in [0.3, 0.4) is 0 Å². The summed E-state index contributed by atoms with van der Waals surface area (Å²) in [5.74, 6) is -1.15. The molecule has 1 aromatic heterocycles. The van der Waals surface area contributed by atoms with Crippen molar-refractivity contribution in [3.8, 4) is 5.69 Å². The van der Waals surface area contributed by atoms with Crippen molar-refractivity contribution in [2.45, 2.75) is 33.8 Å². The lowest BCUT2D eigenvalue weighted by Gasteiger charge is -2.14. The first-order valence-electron chi connectivity index (χ1n) is 9.63. The maximum Gasteiger partial charge on any atom is 0.339 e.